The van der Waals surface area contributed by atoms with Gasteiger partial charge in [-0.25, -0.2) is 0 Å². The van der Waals surface area contributed by atoms with E-state index in [9.17, 15) is 5.11 Å². The van der Waals surface area contributed by atoms with Gasteiger partial charge >= 0.3 is 0 Å². The summed E-state index contributed by atoms with van der Waals surface area (Å²) >= 11 is 0. The van der Waals surface area contributed by atoms with Gasteiger partial charge in [-0.3, -0.25) is 0 Å². The summed E-state index contributed by atoms with van der Waals surface area (Å²) in [7, 11) is 0. The van der Waals surface area contributed by atoms with Crippen LogP contribution in [0.4, 0.5) is 0 Å². The number of nitrogens with two attached hydrogens (primary N) is 1. The van der Waals surface area contributed by atoms with Gasteiger partial charge in [0.1, 0.15) is 12.2 Å². The fourth-order valence-corrected chi connectivity index (χ4v) is 2.36. The van der Waals surface area contributed by atoms with Crippen molar-refractivity contribution in [2.24, 2.45) is 5.73 Å². The van der Waals surface area contributed by atoms with E-state index >= 15 is 0 Å². The molecule has 0 aromatic rings. The predicted octanol–water partition coefficient (Wildman–Crippen LogP) is -0.0390. The number of ether oxygens (including phenoxy) is 3. The molecule has 3 N–H and O–H groups in total. The van der Waals surface area contributed by atoms with Crippen molar-refractivity contribution in [1.82, 2.24) is 0 Å². The normalized spacial score (nSPS) is 45.4. The second kappa shape index (κ2) is 3.68. The summed E-state index contributed by atoms with van der Waals surface area (Å²) in [5, 5.41) is 9.19. The fraction of sp³-hybridized carbons (Fsp3) is 1.00. The standard InChI is InChI=1S/C10H19NO4/c1-5(12)13-7-4-6(11)8-9(7)15-10(2,3)14-8/h5-9,12H,4,11H2,1-3H3/t5?,6-,7+,8+,9-/m1/s1. The highest BCUT2D eigenvalue weighted by Crippen LogP contribution is 2.39. The quantitative estimate of drug-likeness (QED) is 0.635. The number of rotatable bonds is 2. The average molecular weight is 217 g/mol. The zero-order valence-electron chi connectivity index (χ0n) is 9.34. The first-order valence-corrected chi connectivity index (χ1v) is 5.34. The maximum absolute atomic E-state index is 9.19. The molecule has 1 unspecified atom stereocenters. The van der Waals surface area contributed by atoms with Gasteiger partial charge in [-0.15, -0.1) is 0 Å². The Balaban J connectivity index is 2.05. The van der Waals surface area contributed by atoms with E-state index in [1.54, 1.807) is 6.92 Å². The van der Waals surface area contributed by atoms with Crippen LogP contribution in [-0.2, 0) is 14.2 Å². The molecular weight excluding hydrogens is 198 g/mol. The van der Waals surface area contributed by atoms with Crippen LogP contribution in [0.1, 0.15) is 27.2 Å². The van der Waals surface area contributed by atoms with Gasteiger partial charge in [0.2, 0.25) is 0 Å². The lowest BCUT2D eigenvalue weighted by molar-refractivity contribution is -0.191. The molecule has 88 valence electrons. The number of hydrogen-bond donors (Lipinski definition) is 2. The summed E-state index contributed by atoms with van der Waals surface area (Å²) < 4.78 is 16.8. The molecule has 0 spiro atoms. The molecule has 15 heavy (non-hydrogen) atoms. The molecular formula is C10H19NO4. The SMILES string of the molecule is CC(O)O[C@H]1C[C@@H](N)[C@@H]2OC(C)(C)O[C@@H]21. The van der Waals surface area contributed by atoms with E-state index in [0.717, 1.165) is 0 Å². The van der Waals surface area contributed by atoms with E-state index in [0.29, 0.717) is 6.42 Å². The molecule has 2 fully saturated rings. The van der Waals surface area contributed by atoms with Gasteiger partial charge < -0.3 is 25.1 Å². The summed E-state index contributed by atoms with van der Waals surface area (Å²) in [6, 6.07) is -0.0828. The molecule has 0 amide bonds. The first-order valence-electron chi connectivity index (χ1n) is 5.34. The van der Waals surface area contributed by atoms with Crippen LogP contribution in [0.25, 0.3) is 0 Å². The molecule has 2 rings (SSSR count). The Morgan fingerprint density at radius 3 is 2.60 bits per heavy atom. The highest BCUT2D eigenvalue weighted by molar-refractivity contribution is 5.01. The lowest BCUT2D eigenvalue weighted by Gasteiger charge is -2.23. The molecule has 5 nitrogen and oxygen atoms in total. The largest absolute Gasteiger partial charge is 0.368 e. The molecule has 1 saturated heterocycles. The van der Waals surface area contributed by atoms with Crippen molar-refractivity contribution < 1.29 is 19.3 Å². The second-order valence-electron chi connectivity index (χ2n) is 4.74. The predicted molar refractivity (Wildman–Crippen MR) is 53.0 cm³/mol. The van der Waals surface area contributed by atoms with Gasteiger partial charge in [0.15, 0.2) is 12.1 Å². The molecule has 5 heteroatoms. The first-order chi connectivity index (χ1) is 6.89. The Morgan fingerprint density at radius 2 is 2.00 bits per heavy atom. The van der Waals surface area contributed by atoms with Crippen LogP contribution in [0.3, 0.4) is 0 Å². The molecule has 0 aromatic heterocycles. The van der Waals surface area contributed by atoms with Crippen LogP contribution in [-0.4, -0.2) is 41.5 Å². The van der Waals surface area contributed by atoms with Crippen LogP contribution in [0.15, 0.2) is 0 Å². The summed E-state index contributed by atoms with van der Waals surface area (Å²) in [5.74, 6) is -0.603. The van der Waals surface area contributed by atoms with E-state index < -0.39 is 12.1 Å². The topological polar surface area (TPSA) is 73.9 Å². The Labute approximate surface area is 89.5 Å². The van der Waals surface area contributed by atoms with Gasteiger partial charge in [-0.1, -0.05) is 0 Å². The van der Waals surface area contributed by atoms with E-state index in [4.69, 9.17) is 19.9 Å². The molecule has 0 aromatic carbocycles. The molecule has 1 aliphatic heterocycles. The minimum Gasteiger partial charge on any atom is -0.368 e. The summed E-state index contributed by atoms with van der Waals surface area (Å²) in [6.07, 6.45) is -0.593. The van der Waals surface area contributed by atoms with E-state index in [1.807, 2.05) is 13.8 Å². The third-order valence-corrected chi connectivity index (χ3v) is 2.83. The van der Waals surface area contributed by atoms with Crippen LogP contribution in [0, 0.1) is 0 Å². The smallest absolute Gasteiger partial charge is 0.163 e. The fourth-order valence-electron chi connectivity index (χ4n) is 2.36. The molecule has 1 aliphatic carbocycles. The van der Waals surface area contributed by atoms with E-state index in [-0.39, 0.29) is 24.4 Å². The van der Waals surface area contributed by atoms with Crippen molar-refractivity contribution in [3.05, 3.63) is 0 Å². The molecule has 5 atom stereocenters. The summed E-state index contributed by atoms with van der Waals surface area (Å²) in [6.45, 7) is 5.30. The Bertz CT molecular complexity index is 242. The first kappa shape index (κ1) is 11.3. The van der Waals surface area contributed by atoms with Gasteiger partial charge in [0, 0.05) is 6.04 Å². The van der Waals surface area contributed by atoms with Crippen molar-refractivity contribution in [2.45, 2.75) is 63.6 Å². The van der Waals surface area contributed by atoms with Gasteiger partial charge in [-0.05, 0) is 27.2 Å². The number of aliphatic hydroxyl groups is 1. The third kappa shape index (κ3) is 2.16. The molecule has 1 saturated carbocycles. The Morgan fingerprint density at radius 1 is 1.40 bits per heavy atom. The summed E-state index contributed by atoms with van der Waals surface area (Å²) in [4.78, 5) is 0. The highest BCUT2D eigenvalue weighted by Gasteiger charge is 2.53. The van der Waals surface area contributed by atoms with Gasteiger partial charge in [-0.2, -0.15) is 0 Å². The molecule has 0 radical (unpaired) electrons. The third-order valence-electron chi connectivity index (χ3n) is 2.83. The van der Waals surface area contributed by atoms with Crippen molar-refractivity contribution in [2.75, 3.05) is 0 Å². The monoisotopic (exact) mass is 217 g/mol. The van der Waals surface area contributed by atoms with Crippen molar-refractivity contribution in [3.63, 3.8) is 0 Å². The summed E-state index contributed by atoms with van der Waals surface area (Å²) in [5.41, 5.74) is 5.94. The number of aliphatic hydroxyl groups excluding tert-OH is 1. The number of fused-ring (bicyclic) bond motifs is 1. The van der Waals surface area contributed by atoms with Crippen molar-refractivity contribution >= 4 is 0 Å². The lowest BCUT2D eigenvalue weighted by atomic mass is 10.2. The number of hydrogen-bond acceptors (Lipinski definition) is 5. The van der Waals surface area contributed by atoms with Gasteiger partial charge in [0.05, 0.1) is 6.10 Å². The van der Waals surface area contributed by atoms with E-state index in [2.05, 4.69) is 0 Å². The maximum Gasteiger partial charge on any atom is 0.163 e. The second-order valence-corrected chi connectivity index (χ2v) is 4.74. The van der Waals surface area contributed by atoms with Gasteiger partial charge in [0.25, 0.3) is 0 Å². The zero-order chi connectivity index (χ0) is 11.2. The Hall–Kier alpha value is -0.200. The Kier molecular flexibility index (Phi) is 2.77. The van der Waals surface area contributed by atoms with Crippen LogP contribution in [0.5, 0.6) is 0 Å². The maximum atomic E-state index is 9.19. The zero-order valence-corrected chi connectivity index (χ0v) is 9.34. The van der Waals surface area contributed by atoms with Crippen molar-refractivity contribution in [3.8, 4) is 0 Å². The molecule has 2 aliphatic rings. The van der Waals surface area contributed by atoms with Crippen LogP contribution >= 0.6 is 0 Å². The van der Waals surface area contributed by atoms with Crippen LogP contribution in [0.2, 0.25) is 0 Å². The minimum atomic E-state index is -0.798. The molecule has 0 bridgehead atoms. The highest BCUT2D eigenvalue weighted by atomic mass is 16.8. The van der Waals surface area contributed by atoms with Crippen molar-refractivity contribution in [1.29, 1.82) is 0 Å². The van der Waals surface area contributed by atoms with E-state index in [1.165, 1.54) is 0 Å². The average Bonchev–Trinajstić information content (AvgIpc) is 2.49. The lowest BCUT2D eigenvalue weighted by Crippen LogP contribution is -2.35. The van der Waals surface area contributed by atoms with Crippen LogP contribution < -0.4 is 5.73 Å². The minimum absolute atomic E-state index is 0.0828. The molecule has 1 heterocycles.